The summed E-state index contributed by atoms with van der Waals surface area (Å²) in [6.07, 6.45) is 2.00. The third kappa shape index (κ3) is 4.44. The molecule has 1 aliphatic rings. The average molecular weight is 383 g/mol. The Kier molecular flexibility index (Phi) is 5.87. The van der Waals surface area contributed by atoms with E-state index in [1.807, 2.05) is 43.0 Å². The van der Waals surface area contributed by atoms with Crippen molar-refractivity contribution >= 4 is 11.9 Å². The van der Waals surface area contributed by atoms with E-state index in [2.05, 4.69) is 0 Å². The lowest BCUT2D eigenvalue weighted by Gasteiger charge is -2.24. The summed E-state index contributed by atoms with van der Waals surface area (Å²) < 4.78 is 10.8. The van der Waals surface area contributed by atoms with Crippen molar-refractivity contribution in [1.29, 1.82) is 0 Å². The molecule has 0 aliphatic heterocycles. The monoisotopic (exact) mass is 383 g/mol. The molecule has 2 aromatic rings. The van der Waals surface area contributed by atoms with Crippen LogP contribution in [0.25, 0.3) is 0 Å². The number of aryl methyl sites for hydroxylation is 2. The fraction of sp³-hybridized carbons (Fsp3) is 0.364. The zero-order chi connectivity index (χ0) is 20.3. The minimum Gasteiger partial charge on any atom is -0.496 e. The topological polar surface area (TPSA) is 76.1 Å². The number of hydrogen-bond donors (Lipinski definition) is 1. The molecule has 1 amide bonds. The SMILES string of the molecule is COc1ccccc1CN(C(=O)c1cc(C)c(OCC(=O)O)c(C)c1)C1CC1. The second kappa shape index (κ2) is 8.33. The minimum absolute atomic E-state index is 0.0376. The van der Waals surface area contributed by atoms with Gasteiger partial charge in [-0.05, 0) is 56.0 Å². The maximum Gasteiger partial charge on any atom is 0.341 e. The Labute approximate surface area is 164 Å². The number of aliphatic carboxylic acids is 1. The number of benzene rings is 2. The summed E-state index contributed by atoms with van der Waals surface area (Å²) >= 11 is 0. The first-order valence-corrected chi connectivity index (χ1v) is 9.29. The second-order valence-corrected chi connectivity index (χ2v) is 7.10. The van der Waals surface area contributed by atoms with Crippen LogP contribution in [0.15, 0.2) is 36.4 Å². The van der Waals surface area contributed by atoms with Crippen LogP contribution in [0.2, 0.25) is 0 Å². The zero-order valence-corrected chi connectivity index (χ0v) is 16.4. The molecule has 1 aliphatic carbocycles. The number of amides is 1. The lowest BCUT2D eigenvalue weighted by molar-refractivity contribution is -0.139. The number of ether oxygens (including phenoxy) is 2. The highest BCUT2D eigenvalue weighted by Gasteiger charge is 2.34. The minimum atomic E-state index is -1.03. The van der Waals surface area contributed by atoms with E-state index in [-0.39, 0.29) is 11.9 Å². The highest BCUT2D eigenvalue weighted by atomic mass is 16.5. The van der Waals surface area contributed by atoms with Gasteiger partial charge in [-0.1, -0.05) is 18.2 Å². The third-order valence-corrected chi connectivity index (χ3v) is 4.83. The summed E-state index contributed by atoms with van der Waals surface area (Å²) in [7, 11) is 1.63. The van der Waals surface area contributed by atoms with Gasteiger partial charge in [-0.3, -0.25) is 4.79 Å². The highest BCUT2D eigenvalue weighted by Crippen LogP contribution is 2.33. The van der Waals surface area contributed by atoms with Crippen LogP contribution in [-0.4, -0.2) is 41.6 Å². The molecule has 0 atom stereocenters. The Morgan fingerprint density at radius 3 is 2.36 bits per heavy atom. The molecule has 0 unspecified atom stereocenters. The molecular formula is C22H25NO5. The van der Waals surface area contributed by atoms with Crippen molar-refractivity contribution in [3.63, 3.8) is 0 Å². The first-order chi connectivity index (χ1) is 13.4. The summed E-state index contributed by atoms with van der Waals surface area (Å²) in [5.41, 5.74) is 3.05. The first-order valence-electron chi connectivity index (χ1n) is 9.29. The Morgan fingerprint density at radius 2 is 1.79 bits per heavy atom. The van der Waals surface area contributed by atoms with Gasteiger partial charge in [0.15, 0.2) is 6.61 Å². The number of methoxy groups -OCH3 is 1. The van der Waals surface area contributed by atoms with Crippen molar-refractivity contribution in [3.8, 4) is 11.5 Å². The normalized spacial score (nSPS) is 13.1. The molecule has 148 valence electrons. The predicted molar refractivity (Wildman–Crippen MR) is 105 cm³/mol. The van der Waals surface area contributed by atoms with Crippen molar-refractivity contribution in [2.24, 2.45) is 0 Å². The molecule has 6 nitrogen and oxygen atoms in total. The third-order valence-electron chi connectivity index (χ3n) is 4.83. The molecule has 0 bridgehead atoms. The molecule has 28 heavy (non-hydrogen) atoms. The molecule has 0 aromatic heterocycles. The molecule has 0 heterocycles. The Balaban J connectivity index is 1.85. The summed E-state index contributed by atoms with van der Waals surface area (Å²) in [5, 5.41) is 8.83. The van der Waals surface area contributed by atoms with Crippen molar-refractivity contribution < 1.29 is 24.2 Å². The van der Waals surface area contributed by atoms with Crippen LogP contribution >= 0.6 is 0 Å². The van der Waals surface area contributed by atoms with Crippen molar-refractivity contribution in [1.82, 2.24) is 4.90 Å². The van der Waals surface area contributed by atoms with E-state index in [1.54, 1.807) is 19.2 Å². The number of hydrogen-bond acceptors (Lipinski definition) is 4. The van der Waals surface area contributed by atoms with Crippen LogP contribution in [0.3, 0.4) is 0 Å². The summed E-state index contributed by atoms with van der Waals surface area (Å²) in [5.74, 6) is 0.215. The summed E-state index contributed by atoms with van der Waals surface area (Å²) in [6.45, 7) is 3.73. The predicted octanol–water partition coefficient (Wildman–Crippen LogP) is 3.58. The first kappa shape index (κ1) is 19.7. The lowest BCUT2D eigenvalue weighted by Crippen LogP contribution is -2.33. The molecule has 0 saturated heterocycles. The maximum atomic E-state index is 13.3. The number of rotatable bonds is 8. The van der Waals surface area contributed by atoms with Gasteiger partial charge in [0, 0.05) is 23.7 Å². The van der Waals surface area contributed by atoms with Gasteiger partial charge in [-0.2, -0.15) is 0 Å². The maximum absolute atomic E-state index is 13.3. The highest BCUT2D eigenvalue weighted by molar-refractivity contribution is 5.95. The molecule has 1 N–H and O–H groups in total. The van der Waals surface area contributed by atoms with Gasteiger partial charge >= 0.3 is 5.97 Å². The van der Waals surface area contributed by atoms with Crippen LogP contribution < -0.4 is 9.47 Å². The van der Waals surface area contributed by atoms with E-state index >= 15 is 0 Å². The average Bonchev–Trinajstić information content (AvgIpc) is 3.49. The van der Waals surface area contributed by atoms with E-state index in [0.717, 1.165) is 35.3 Å². The Bertz CT molecular complexity index is 865. The van der Waals surface area contributed by atoms with Crippen LogP contribution in [0.5, 0.6) is 11.5 Å². The van der Waals surface area contributed by atoms with E-state index < -0.39 is 12.6 Å². The molecule has 3 rings (SSSR count). The number of carboxylic acid groups (broad SMARTS) is 1. The van der Waals surface area contributed by atoms with Gasteiger partial charge in [0.05, 0.1) is 7.11 Å². The number of carboxylic acids is 1. The molecule has 2 aromatic carbocycles. The zero-order valence-electron chi connectivity index (χ0n) is 16.4. The fourth-order valence-electron chi connectivity index (χ4n) is 3.37. The van der Waals surface area contributed by atoms with Crippen molar-refractivity contribution in [2.45, 2.75) is 39.3 Å². The smallest absolute Gasteiger partial charge is 0.341 e. The molecule has 1 saturated carbocycles. The second-order valence-electron chi connectivity index (χ2n) is 7.10. The summed E-state index contributed by atoms with van der Waals surface area (Å²) in [6, 6.07) is 11.5. The van der Waals surface area contributed by atoms with Gasteiger partial charge in [-0.15, -0.1) is 0 Å². The van der Waals surface area contributed by atoms with E-state index in [4.69, 9.17) is 14.6 Å². The molecule has 0 spiro atoms. The van der Waals surface area contributed by atoms with Gasteiger partial charge in [-0.25, -0.2) is 4.79 Å². The van der Waals surface area contributed by atoms with Crippen molar-refractivity contribution in [2.75, 3.05) is 13.7 Å². The van der Waals surface area contributed by atoms with Gasteiger partial charge < -0.3 is 19.5 Å². The van der Waals surface area contributed by atoms with Crippen LogP contribution in [0, 0.1) is 13.8 Å². The Hall–Kier alpha value is -3.02. The fourth-order valence-corrected chi connectivity index (χ4v) is 3.37. The van der Waals surface area contributed by atoms with Gasteiger partial charge in [0.2, 0.25) is 0 Å². The number of carbonyl (C=O) groups excluding carboxylic acids is 1. The number of para-hydroxylation sites is 1. The number of carbonyl (C=O) groups is 2. The van der Waals surface area contributed by atoms with E-state index in [9.17, 15) is 9.59 Å². The number of nitrogens with zero attached hydrogens (tertiary/aromatic N) is 1. The molecular weight excluding hydrogens is 358 g/mol. The van der Waals surface area contributed by atoms with E-state index in [0.29, 0.717) is 17.9 Å². The van der Waals surface area contributed by atoms with Gasteiger partial charge in [0.1, 0.15) is 11.5 Å². The summed E-state index contributed by atoms with van der Waals surface area (Å²) in [4.78, 5) is 25.9. The van der Waals surface area contributed by atoms with Crippen molar-refractivity contribution in [3.05, 3.63) is 58.7 Å². The standard InChI is InChI=1S/C22H25NO5/c1-14-10-17(11-15(2)21(14)28-13-20(24)25)22(26)23(18-8-9-18)12-16-6-4-5-7-19(16)27-3/h4-7,10-11,18H,8-9,12-13H2,1-3H3,(H,24,25). The van der Waals surface area contributed by atoms with Crippen LogP contribution in [-0.2, 0) is 11.3 Å². The van der Waals surface area contributed by atoms with Crippen LogP contribution in [0.1, 0.15) is 39.9 Å². The van der Waals surface area contributed by atoms with E-state index in [1.165, 1.54) is 0 Å². The molecule has 0 radical (unpaired) electrons. The Morgan fingerprint density at radius 1 is 1.14 bits per heavy atom. The molecule has 6 heteroatoms. The van der Waals surface area contributed by atoms with Gasteiger partial charge in [0.25, 0.3) is 5.91 Å². The molecule has 1 fully saturated rings. The quantitative estimate of drug-likeness (QED) is 0.754. The van der Waals surface area contributed by atoms with Crippen LogP contribution in [0.4, 0.5) is 0 Å². The largest absolute Gasteiger partial charge is 0.496 e. The lowest BCUT2D eigenvalue weighted by atomic mass is 10.0.